The number of piperidine rings is 1. The molecule has 1 saturated carbocycles. The van der Waals surface area contributed by atoms with Crippen molar-refractivity contribution in [3.63, 3.8) is 0 Å². The van der Waals surface area contributed by atoms with Gasteiger partial charge in [-0.3, -0.25) is 0 Å². The molecule has 0 radical (unpaired) electrons. The molecule has 1 aliphatic heterocycles. The molecule has 1 heterocycles. The zero-order valence-corrected chi connectivity index (χ0v) is 13.6. The van der Waals surface area contributed by atoms with E-state index in [1.54, 1.807) is 0 Å². The third kappa shape index (κ3) is 3.49. The normalized spacial score (nSPS) is 27.6. The Morgan fingerprint density at radius 3 is 2.43 bits per heavy atom. The van der Waals surface area contributed by atoms with Crippen LogP contribution in [0, 0.1) is 5.41 Å². The molecule has 1 aromatic carbocycles. The molecule has 0 bridgehead atoms. The molecule has 0 aromatic heterocycles. The van der Waals surface area contributed by atoms with Crippen molar-refractivity contribution in [1.29, 1.82) is 0 Å². The van der Waals surface area contributed by atoms with Gasteiger partial charge in [0.15, 0.2) is 0 Å². The van der Waals surface area contributed by atoms with E-state index < -0.39 is 0 Å². The fourth-order valence-corrected chi connectivity index (χ4v) is 4.21. The lowest BCUT2D eigenvalue weighted by Gasteiger charge is -2.39. The first-order valence-electron chi connectivity index (χ1n) is 8.59. The Bertz CT molecular complexity index is 446. The summed E-state index contributed by atoms with van der Waals surface area (Å²) in [6.07, 6.45) is 6.54. The maximum Gasteiger partial charge on any atom is 0.0102 e. The van der Waals surface area contributed by atoms with E-state index in [9.17, 15) is 0 Å². The number of benzene rings is 1. The van der Waals surface area contributed by atoms with Gasteiger partial charge in [-0.15, -0.1) is 0 Å². The minimum Gasteiger partial charge on any atom is -0.317 e. The van der Waals surface area contributed by atoms with Crippen molar-refractivity contribution in [2.45, 2.75) is 57.4 Å². The first-order chi connectivity index (χ1) is 10.1. The molecule has 2 heteroatoms. The standard InChI is InChI=1S/C19H30N2/c1-18(2)9-8-17(14-18)21-15-19(10-12-20-13-11-19)16-6-4-3-5-7-16/h3-7,17,20-21H,8-15H2,1-2H3. The van der Waals surface area contributed by atoms with Crippen LogP contribution in [-0.2, 0) is 5.41 Å². The van der Waals surface area contributed by atoms with E-state index in [-0.39, 0.29) is 0 Å². The first-order valence-corrected chi connectivity index (χ1v) is 8.59. The quantitative estimate of drug-likeness (QED) is 0.885. The van der Waals surface area contributed by atoms with Crippen LogP contribution in [0.2, 0.25) is 0 Å². The maximum atomic E-state index is 3.92. The molecule has 2 nitrogen and oxygen atoms in total. The van der Waals surface area contributed by atoms with Crippen LogP contribution in [0.25, 0.3) is 0 Å². The molecule has 1 aromatic rings. The van der Waals surface area contributed by atoms with Gasteiger partial charge in [-0.05, 0) is 56.2 Å². The largest absolute Gasteiger partial charge is 0.317 e. The van der Waals surface area contributed by atoms with Crippen LogP contribution in [-0.4, -0.2) is 25.7 Å². The molecule has 2 fully saturated rings. The van der Waals surface area contributed by atoms with Crippen LogP contribution in [0.4, 0.5) is 0 Å². The van der Waals surface area contributed by atoms with Crippen molar-refractivity contribution in [1.82, 2.24) is 10.6 Å². The Kier molecular flexibility index (Phi) is 4.37. The molecular weight excluding hydrogens is 256 g/mol. The second kappa shape index (κ2) is 6.10. The molecule has 0 spiro atoms. The summed E-state index contributed by atoms with van der Waals surface area (Å²) in [5, 5.41) is 7.44. The fraction of sp³-hybridized carbons (Fsp3) is 0.684. The third-order valence-electron chi connectivity index (χ3n) is 5.64. The molecule has 1 aliphatic carbocycles. The highest BCUT2D eigenvalue weighted by Gasteiger charge is 2.36. The minimum absolute atomic E-state index is 0.333. The molecule has 1 atom stereocenters. The van der Waals surface area contributed by atoms with Gasteiger partial charge in [0.2, 0.25) is 0 Å². The van der Waals surface area contributed by atoms with E-state index in [4.69, 9.17) is 0 Å². The highest BCUT2D eigenvalue weighted by Crippen LogP contribution is 2.38. The van der Waals surface area contributed by atoms with Crippen LogP contribution in [0.3, 0.4) is 0 Å². The van der Waals surface area contributed by atoms with Crippen molar-refractivity contribution < 1.29 is 0 Å². The number of hydrogen-bond acceptors (Lipinski definition) is 2. The monoisotopic (exact) mass is 286 g/mol. The predicted octanol–water partition coefficient (Wildman–Crippen LogP) is 3.48. The van der Waals surface area contributed by atoms with E-state index in [0.29, 0.717) is 10.8 Å². The van der Waals surface area contributed by atoms with Crippen molar-refractivity contribution >= 4 is 0 Å². The zero-order valence-electron chi connectivity index (χ0n) is 13.6. The number of nitrogens with one attached hydrogen (secondary N) is 2. The van der Waals surface area contributed by atoms with Gasteiger partial charge < -0.3 is 10.6 Å². The summed E-state index contributed by atoms with van der Waals surface area (Å²) in [7, 11) is 0. The van der Waals surface area contributed by atoms with Crippen molar-refractivity contribution in [2.24, 2.45) is 5.41 Å². The summed E-state index contributed by atoms with van der Waals surface area (Å²) < 4.78 is 0. The Hall–Kier alpha value is -0.860. The first kappa shape index (κ1) is 15.1. The summed E-state index contributed by atoms with van der Waals surface area (Å²) >= 11 is 0. The van der Waals surface area contributed by atoms with Gasteiger partial charge in [-0.25, -0.2) is 0 Å². The topological polar surface area (TPSA) is 24.1 Å². The van der Waals surface area contributed by atoms with Gasteiger partial charge in [0.1, 0.15) is 0 Å². The number of rotatable bonds is 4. The Morgan fingerprint density at radius 1 is 1.10 bits per heavy atom. The lowest BCUT2D eigenvalue weighted by molar-refractivity contribution is 0.276. The van der Waals surface area contributed by atoms with Gasteiger partial charge in [0.05, 0.1) is 0 Å². The Labute approximate surface area is 129 Å². The third-order valence-corrected chi connectivity index (χ3v) is 5.64. The fourth-order valence-electron chi connectivity index (χ4n) is 4.21. The van der Waals surface area contributed by atoms with Gasteiger partial charge >= 0.3 is 0 Å². The molecule has 0 amide bonds. The Balaban J connectivity index is 1.69. The predicted molar refractivity (Wildman–Crippen MR) is 89.6 cm³/mol. The van der Waals surface area contributed by atoms with Crippen LogP contribution in [0.1, 0.15) is 51.5 Å². The molecule has 1 saturated heterocycles. The SMILES string of the molecule is CC1(C)CCC(NCC2(c3ccccc3)CCNCC2)C1. The van der Waals surface area contributed by atoms with Crippen molar-refractivity contribution in [3.8, 4) is 0 Å². The van der Waals surface area contributed by atoms with Crippen molar-refractivity contribution in [2.75, 3.05) is 19.6 Å². The zero-order chi connectivity index (χ0) is 14.8. The average Bonchev–Trinajstić information content (AvgIpc) is 2.86. The molecule has 1 unspecified atom stereocenters. The van der Waals surface area contributed by atoms with E-state index >= 15 is 0 Å². The molecular formula is C19H30N2. The van der Waals surface area contributed by atoms with Crippen LogP contribution in [0.5, 0.6) is 0 Å². The summed E-state index contributed by atoms with van der Waals surface area (Å²) in [4.78, 5) is 0. The molecule has 3 rings (SSSR count). The average molecular weight is 286 g/mol. The van der Waals surface area contributed by atoms with Gasteiger partial charge in [-0.2, -0.15) is 0 Å². The lowest BCUT2D eigenvalue weighted by atomic mass is 9.73. The lowest BCUT2D eigenvalue weighted by Crippen LogP contribution is -2.48. The minimum atomic E-state index is 0.333. The van der Waals surface area contributed by atoms with Gasteiger partial charge in [-0.1, -0.05) is 44.2 Å². The van der Waals surface area contributed by atoms with Crippen LogP contribution in [0.15, 0.2) is 30.3 Å². The molecule has 116 valence electrons. The molecule has 2 N–H and O–H groups in total. The second-order valence-corrected chi connectivity index (χ2v) is 7.88. The molecule has 2 aliphatic rings. The van der Waals surface area contributed by atoms with Crippen LogP contribution >= 0.6 is 0 Å². The summed E-state index contributed by atoms with van der Waals surface area (Å²) in [5.41, 5.74) is 2.39. The number of hydrogen-bond donors (Lipinski definition) is 2. The highest BCUT2D eigenvalue weighted by atomic mass is 15.0. The van der Waals surface area contributed by atoms with E-state index in [1.165, 1.54) is 37.7 Å². The summed E-state index contributed by atoms with van der Waals surface area (Å²) in [6.45, 7) is 8.25. The van der Waals surface area contributed by atoms with Crippen molar-refractivity contribution in [3.05, 3.63) is 35.9 Å². The van der Waals surface area contributed by atoms with E-state index in [0.717, 1.165) is 25.7 Å². The smallest absolute Gasteiger partial charge is 0.0102 e. The van der Waals surface area contributed by atoms with Gasteiger partial charge in [0.25, 0.3) is 0 Å². The summed E-state index contributed by atoms with van der Waals surface area (Å²) in [5.74, 6) is 0. The maximum absolute atomic E-state index is 3.92. The van der Waals surface area contributed by atoms with Crippen LogP contribution < -0.4 is 10.6 Å². The second-order valence-electron chi connectivity index (χ2n) is 7.88. The van der Waals surface area contributed by atoms with Gasteiger partial charge in [0, 0.05) is 18.0 Å². The molecule has 21 heavy (non-hydrogen) atoms. The van der Waals surface area contributed by atoms with E-state index in [1.807, 2.05) is 0 Å². The Morgan fingerprint density at radius 2 is 1.81 bits per heavy atom. The van der Waals surface area contributed by atoms with E-state index in [2.05, 4.69) is 54.8 Å². The highest BCUT2D eigenvalue weighted by molar-refractivity contribution is 5.27. The summed E-state index contributed by atoms with van der Waals surface area (Å²) in [6, 6.07) is 11.9.